The van der Waals surface area contributed by atoms with Crippen molar-refractivity contribution in [2.75, 3.05) is 25.3 Å². The fourth-order valence-corrected chi connectivity index (χ4v) is 1.86. The Morgan fingerprint density at radius 2 is 1.78 bits per heavy atom. The van der Waals surface area contributed by atoms with Crippen molar-refractivity contribution >= 4 is 11.4 Å². The maximum Gasteiger partial charge on any atom is 0.162 e. The predicted octanol–water partition coefficient (Wildman–Crippen LogP) is 1.86. The summed E-state index contributed by atoms with van der Waals surface area (Å²) >= 11 is 0. The van der Waals surface area contributed by atoms with E-state index in [1.807, 2.05) is 6.92 Å². The highest BCUT2D eigenvalue weighted by Crippen LogP contribution is 2.35. The van der Waals surface area contributed by atoms with Gasteiger partial charge in [0.05, 0.1) is 31.7 Å². The molecule has 1 aromatic rings. The Balaban J connectivity index is 2.89. The Morgan fingerprint density at radius 1 is 1.22 bits per heavy atom. The molecular formula is C13H22N2O3. The Hall–Kier alpha value is -1.62. The van der Waals surface area contributed by atoms with Crippen molar-refractivity contribution in [1.29, 1.82) is 0 Å². The van der Waals surface area contributed by atoms with E-state index in [2.05, 4.69) is 5.32 Å². The van der Waals surface area contributed by atoms with Gasteiger partial charge in [0.1, 0.15) is 0 Å². The molecule has 5 heteroatoms. The van der Waals surface area contributed by atoms with Crippen LogP contribution in [0.25, 0.3) is 0 Å². The van der Waals surface area contributed by atoms with Crippen LogP contribution in [0.2, 0.25) is 0 Å². The number of nitrogens with two attached hydrogens (primary N) is 1. The van der Waals surface area contributed by atoms with E-state index in [1.54, 1.807) is 33.3 Å². The highest BCUT2D eigenvalue weighted by Gasteiger charge is 2.12. The molecule has 0 aliphatic carbocycles. The van der Waals surface area contributed by atoms with Crippen LogP contribution in [0.5, 0.6) is 11.5 Å². The van der Waals surface area contributed by atoms with Gasteiger partial charge in [-0.05, 0) is 20.3 Å². The molecule has 0 saturated carbocycles. The number of aliphatic hydroxyl groups is 1. The number of hydrogen-bond donors (Lipinski definition) is 3. The van der Waals surface area contributed by atoms with Crippen LogP contribution < -0.4 is 20.5 Å². The van der Waals surface area contributed by atoms with Gasteiger partial charge in [0, 0.05) is 18.2 Å². The zero-order valence-electron chi connectivity index (χ0n) is 11.4. The van der Waals surface area contributed by atoms with E-state index in [1.165, 1.54) is 0 Å². The Kier molecular flexibility index (Phi) is 5.09. The molecule has 5 nitrogen and oxygen atoms in total. The highest BCUT2D eigenvalue weighted by molar-refractivity contribution is 5.72. The lowest BCUT2D eigenvalue weighted by molar-refractivity contribution is 0.179. The number of hydrogen-bond acceptors (Lipinski definition) is 5. The first-order chi connectivity index (χ1) is 8.47. The third kappa shape index (κ3) is 3.70. The summed E-state index contributed by atoms with van der Waals surface area (Å²) < 4.78 is 10.4. The molecule has 0 aliphatic heterocycles. The largest absolute Gasteiger partial charge is 0.493 e. The van der Waals surface area contributed by atoms with Crippen LogP contribution >= 0.6 is 0 Å². The maximum absolute atomic E-state index is 9.34. The van der Waals surface area contributed by atoms with Crippen molar-refractivity contribution in [3.05, 3.63) is 12.1 Å². The summed E-state index contributed by atoms with van der Waals surface area (Å²) in [5.74, 6) is 1.22. The van der Waals surface area contributed by atoms with E-state index >= 15 is 0 Å². The van der Waals surface area contributed by atoms with Crippen LogP contribution in [0.3, 0.4) is 0 Å². The molecule has 102 valence electrons. The van der Waals surface area contributed by atoms with Crippen molar-refractivity contribution < 1.29 is 14.6 Å². The molecule has 0 heterocycles. The lowest BCUT2D eigenvalue weighted by Crippen LogP contribution is -2.21. The standard InChI is InChI=1S/C13H22N2O3/c1-8(5-9(2)16)15-11-7-13(18-4)12(17-3)6-10(11)14/h6-9,15-16H,5,14H2,1-4H3. The number of nitrogens with one attached hydrogen (secondary N) is 1. The van der Waals surface area contributed by atoms with E-state index in [4.69, 9.17) is 15.2 Å². The molecule has 4 N–H and O–H groups in total. The average molecular weight is 254 g/mol. The molecule has 1 aromatic carbocycles. The molecule has 0 aliphatic rings. The molecule has 0 saturated heterocycles. The van der Waals surface area contributed by atoms with Crippen LogP contribution in [-0.2, 0) is 0 Å². The molecule has 2 atom stereocenters. The number of anilines is 2. The van der Waals surface area contributed by atoms with E-state index in [-0.39, 0.29) is 12.1 Å². The number of aliphatic hydroxyl groups excluding tert-OH is 1. The zero-order valence-corrected chi connectivity index (χ0v) is 11.4. The monoisotopic (exact) mass is 254 g/mol. The van der Waals surface area contributed by atoms with Crippen LogP contribution in [-0.4, -0.2) is 31.5 Å². The summed E-state index contributed by atoms with van der Waals surface area (Å²) in [5, 5.41) is 12.6. The van der Waals surface area contributed by atoms with Crippen molar-refractivity contribution in [3.8, 4) is 11.5 Å². The van der Waals surface area contributed by atoms with Gasteiger partial charge in [0.15, 0.2) is 11.5 Å². The average Bonchev–Trinajstić information content (AvgIpc) is 2.30. The second-order valence-corrected chi connectivity index (χ2v) is 4.42. The summed E-state index contributed by atoms with van der Waals surface area (Å²) in [7, 11) is 3.15. The molecule has 2 unspecified atom stereocenters. The fraction of sp³-hybridized carbons (Fsp3) is 0.538. The van der Waals surface area contributed by atoms with Crippen molar-refractivity contribution in [2.45, 2.75) is 32.4 Å². The molecule has 0 aromatic heterocycles. The van der Waals surface area contributed by atoms with E-state index in [0.717, 1.165) is 5.69 Å². The third-order valence-corrected chi connectivity index (χ3v) is 2.65. The van der Waals surface area contributed by atoms with Crippen LogP contribution in [0, 0.1) is 0 Å². The first kappa shape index (κ1) is 14.4. The SMILES string of the molecule is COc1cc(N)c(NC(C)CC(C)O)cc1OC. The summed E-state index contributed by atoms with van der Waals surface area (Å²) in [6, 6.07) is 3.63. The third-order valence-electron chi connectivity index (χ3n) is 2.65. The summed E-state index contributed by atoms with van der Waals surface area (Å²) in [6.45, 7) is 3.75. The van der Waals surface area contributed by atoms with Gasteiger partial charge in [-0.25, -0.2) is 0 Å². The lowest BCUT2D eigenvalue weighted by atomic mass is 10.1. The van der Waals surface area contributed by atoms with Gasteiger partial charge in [-0.2, -0.15) is 0 Å². The summed E-state index contributed by atoms with van der Waals surface area (Å²) in [6.07, 6.45) is 0.294. The molecule has 1 rings (SSSR count). The predicted molar refractivity (Wildman–Crippen MR) is 73.3 cm³/mol. The molecule has 0 fully saturated rings. The van der Waals surface area contributed by atoms with Crippen LogP contribution in [0.15, 0.2) is 12.1 Å². The second kappa shape index (κ2) is 6.35. The molecular weight excluding hydrogens is 232 g/mol. The summed E-state index contributed by atoms with van der Waals surface area (Å²) in [5.41, 5.74) is 7.31. The second-order valence-electron chi connectivity index (χ2n) is 4.42. The Labute approximate surface area is 108 Å². The Bertz CT molecular complexity index is 394. The maximum atomic E-state index is 9.34. The first-order valence-electron chi connectivity index (χ1n) is 5.94. The number of methoxy groups -OCH3 is 2. The van der Waals surface area contributed by atoms with Gasteiger partial charge in [-0.3, -0.25) is 0 Å². The highest BCUT2D eigenvalue weighted by atomic mass is 16.5. The number of ether oxygens (including phenoxy) is 2. The molecule has 0 bridgehead atoms. The molecule has 0 amide bonds. The zero-order chi connectivity index (χ0) is 13.7. The number of nitrogen functional groups attached to an aromatic ring is 1. The smallest absolute Gasteiger partial charge is 0.162 e. The normalized spacial score (nSPS) is 13.8. The quantitative estimate of drug-likeness (QED) is 0.675. The van der Waals surface area contributed by atoms with Gasteiger partial charge in [-0.15, -0.1) is 0 Å². The first-order valence-corrected chi connectivity index (χ1v) is 5.94. The van der Waals surface area contributed by atoms with Gasteiger partial charge in [0.25, 0.3) is 0 Å². The fourth-order valence-electron chi connectivity index (χ4n) is 1.86. The van der Waals surface area contributed by atoms with Crippen molar-refractivity contribution in [1.82, 2.24) is 0 Å². The van der Waals surface area contributed by atoms with Gasteiger partial charge in [-0.1, -0.05) is 0 Å². The van der Waals surface area contributed by atoms with Gasteiger partial charge >= 0.3 is 0 Å². The molecule has 0 radical (unpaired) electrons. The topological polar surface area (TPSA) is 76.7 Å². The summed E-state index contributed by atoms with van der Waals surface area (Å²) in [4.78, 5) is 0. The van der Waals surface area contributed by atoms with Crippen molar-refractivity contribution in [2.24, 2.45) is 0 Å². The molecule has 18 heavy (non-hydrogen) atoms. The van der Waals surface area contributed by atoms with Gasteiger partial charge in [0.2, 0.25) is 0 Å². The van der Waals surface area contributed by atoms with Crippen LogP contribution in [0.4, 0.5) is 11.4 Å². The lowest BCUT2D eigenvalue weighted by Gasteiger charge is -2.19. The number of benzene rings is 1. The van der Waals surface area contributed by atoms with E-state index in [9.17, 15) is 5.11 Å². The van der Waals surface area contributed by atoms with Crippen molar-refractivity contribution in [3.63, 3.8) is 0 Å². The van der Waals surface area contributed by atoms with Gasteiger partial charge < -0.3 is 25.6 Å². The van der Waals surface area contributed by atoms with E-state index < -0.39 is 0 Å². The minimum atomic E-state index is -0.353. The minimum absolute atomic E-state index is 0.116. The Morgan fingerprint density at radius 3 is 2.28 bits per heavy atom. The minimum Gasteiger partial charge on any atom is -0.493 e. The number of rotatable bonds is 6. The molecule has 0 spiro atoms. The van der Waals surface area contributed by atoms with Crippen LogP contribution in [0.1, 0.15) is 20.3 Å². The van der Waals surface area contributed by atoms with E-state index in [0.29, 0.717) is 23.6 Å².